The van der Waals surface area contributed by atoms with E-state index in [4.69, 9.17) is 14.5 Å². The lowest BCUT2D eigenvalue weighted by Crippen LogP contribution is -2.29. The van der Waals surface area contributed by atoms with Crippen LogP contribution in [0.5, 0.6) is 11.5 Å². The Morgan fingerprint density at radius 3 is 2.46 bits per heavy atom. The van der Waals surface area contributed by atoms with E-state index in [0.717, 1.165) is 31.3 Å². The fourth-order valence-corrected chi connectivity index (χ4v) is 5.77. The summed E-state index contributed by atoms with van der Waals surface area (Å²) in [6.07, 6.45) is 2.76. The Morgan fingerprint density at radius 1 is 1.05 bits per heavy atom. The van der Waals surface area contributed by atoms with Gasteiger partial charge in [-0.2, -0.15) is 0 Å². The third-order valence-corrected chi connectivity index (χ3v) is 7.86. The van der Waals surface area contributed by atoms with Crippen molar-refractivity contribution in [2.24, 2.45) is 4.99 Å². The van der Waals surface area contributed by atoms with Gasteiger partial charge in [0.1, 0.15) is 6.61 Å². The zero-order valence-electron chi connectivity index (χ0n) is 21.0. The molecule has 1 amide bonds. The van der Waals surface area contributed by atoms with E-state index in [1.54, 1.807) is 4.90 Å². The average molecular weight is 691 g/mol. The molecule has 4 rings (SSSR count). The number of aliphatic imine (C=N–C) groups is 1. The molecule has 1 heterocycles. The van der Waals surface area contributed by atoms with Crippen LogP contribution in [-0.4, -0.2) is 29.1 Å². The molecule has 3 aromatic carbocycles. The number of amides is 1. The number of thioether (sulfide) groups is 1. The van der Waals surface area contributed by atoms with Crippen LogP contribution in [0.1, 0.15) is 37.0 Å². The predicted molar refractivity (Wildman–Crippen MR) is 165 cm³/mol. The van der Waals surface area contributed by atoms with Crippen LogP contribution in [0.15, 0.2) is 75.0 Å². The van der Waals surface area contributed by atoms with Crippen LogP contribution in [0.3, 0.4) is 0 Å². The smallest absolute Gasteiger partial charge is 0.266 e. The largest absolute Gasteiger partial charge is 0.490 e. The van der Waals surface area contributed by atoms with Crippen molar-refractivity contribution in [3.05, 3.63) is 90.3 Å². The number of benzene rings is 3. The van der Waals surface area contributed by atoms with Crippen molar-refractivity contribution in [2.75, 3.05) is 13.2 Å². The number of carbonyl (C=O) groups excluding carboxylic acids is 1. The summed E-state index contributed by atoms with van der Waals surface area (Å²) in [7, 11) is 0. The topological polar surface area (TPSA) is 51.1 Å². The van der Waals surface area contributed by atoms with Crippen LogP contribution < -0.4 is 9.47 Å². The van der Waals surface area contributed by atoms with E-state index in [1.165, 1.54) is 17.3 Å². The molecular weight excluding hydrogens is 663 g/mol. The van der Waals surface area contributed by atoms with Crippen LogP contribution in [0.4, 0.5) is 5.69 Å². The second kappa shape index (κ2) is 13.0. The molecule has 0 spiro atoms. The minimum absolute atomic E-state index is 0.0266. The molecule has 0 unspecified atom stereocenters. The lowest BCUT2D eigenvalue weighted by Gasteiger charge is -2.15. The number of rotatable bonds is 9. The second-order valence-electron chi connectivity index (χ2n) is 8.48. The Balaban J connectivity index is 1.61. The molecule has 192 valence electrons. The summed E-state index contributed by atoms with van der Waals surface area (Å²) < 4.78 is 14.0. The number of ether oxygens (including phenoxy) is 2. The molecule has 1 saturated heterocycles. The molecule has 37 heavy (non-hydrogen) atoms. The number of amidine groups is 1. The SMILES string of the molecule is CCCN1C(=O)/C(=C\c2cc(I)c(OCc3ccc(Br)cc3)c(OCC)c2)SC1=Nc1ccc(C)cc1. The molecule has 0 aromatic heterocycles. The van der Waals surface area contributed by atoms with E-state index < -0.39 is 0 Å². The Kier molecular flexibility index (Phi) is 9.72. The maximum atomic E-state index is 13.3. The Labute approximate surface area is 244 Å². The summed E-state index contributed by atoms with van der Waals surface area (Å²) in [5, 5.41) is 0.705. The van der Waals surface area contributed by atoms with Crippen molar-refractivity contribution in [2.45, 2.75) is 33.8 Å². The molecule has 0 aliphatic carbocycles. The van der Waals surface area contributed by atoms with E-state index in [0.29, 0.717) is 41.3 Å². The predicted octanol–water partition coefficient (Wildman–Crippen LogP) is 8.35. The van der Waals surface area contributed by atoms with E-state index in [2.05, 4.69) is 45.4 Å². The van der Waals surface area contributed by atoms with Crippen molar-refractivity contribution >= 4 is 73.1 Å². The van der Waals surface area contributed by atoms with Crippen LogP contribution in [0, 0.1) is 10.5 Å². The van der Waals surface area contributed by atoms with Crippen molar-refractivity contribution in [3.8, 4) is 11.5 Å². The first kappa shape index (κ1) is 27.7. The quantitative estimate of drug-likeness (QED) is 0.167. The van der Waals surface area contributed by atoms with Gasteiger partial charge in [0.05, 0.1) is 20.8 Å². The van der Waals surface area contributed by atoms with Crippen LogP contribution in [-0.2, 0) is 11.4 Å². The third kappa shape index (κ3) is 7.18. The lowest BCUT2D eigenvalue weighted by atomic mass is 10.1. The van der Waals surface area contributed by atoms with E-state index >= 15 is 0 Å². The highest BCUT2D eigenvalue weighted by molar-refractivity contribution is 14.1. The van der Waals surface area contributed by atoms with E-state index in [-0.39, 0.29) is 5.91 Å². The number of nitrogens with zero attached hydrogens (tertiary/aromatic N) is 2. The van der Waals surface area contributed by atoms with Crippen LogP contribution >= 0.6 is 50.3 Å². The van der Waals surface area contributed by atoms with E-state index in [9.17, 15) is 4.79 Å². The van der Waals surface area contributed by atoms with Crippen molar-refractivity contribution in [3.63, 3.8) is 0 Å². The van der Waals surface area contributed by atoms with Gasteiger partial charge in [-0.25, -0.2) is 4.99 Å². The first-order valence-electron chi connectivity index (χ1n) is 12.1. The molecule has 1 aliphatic heterocycles. The zero-order valence-corrected chi connectivity index (χ0v) is 25.5. The van der Waals surface area contributed by atoms with Gasteiger partial charge >= 0.3 is 0 Å². The summed E-state index contributed by atoms with van der Waals surface area (Å²) in [5.41, 5.74) is 3.96. The molecule has 3 aromatic rings. The van der Waals surface area contributed by atoms with Gasteiger partial charge < -0.3 is 9.47 Å². The van der Waals surface area contributed by atoms with Gasteiger partial charge in [-0.15, -0.1) is 0 Å². The number of hydrogen-bond acceptors (Lipinski definition) is 5. The van der Waals surface area contributed by atoms with Crippen LogP contribution in [0.2, 0.25) is 0 Å². The number of aryl methyl sites for hydroxylation is 1. The van der Waals surface area contributed by atoms with Crippen LogP contribution in [0.25, 0.3) is 6.08 Å². The van der Waals surface area contributed by atoms with Gasteiger partial charge in [-0.05, 0) is 108 Å². The summed E-state index contributed by atoms with van der Waals surface area (Å²) in [5.74, 6) is 1.33. The molecule has 1 aliphatic rings. The molecule has 1 fully saturated rings. The normalized spacial score (nSPS) is 15.6. The molecule has 0 saturated carbocycles. The monoisotopic (exact) mass is 690 g/mol. The number of carbonyl (C=O) groups is 1. The molecular formula is C29H28BrIN2O3S. The average Bonchev–Trinajstić information content (AvgIpc) is 3.15. The summed E-state index contributed by atoms with van der Waals surface area (Å²) >= 11 is 7.14. The maximum Gasteiger partial charge on any atom is 0.266 e. The second-order valence-corrected chi connectivity index (χ2v) is 11.6. The Hall–Kier alpha value is -2.30. The van der Waals surface area contributed by atoms with E-state index in [1.807, 2.05) is 80.6 Å². The summed E-state index contributed by atoms with van der Waals surface area (Å²) in [6, 6.07) is 20.0. The van der Waals surface area contributed by atoms with Gasteiger partial charge in [0.25, 0.3) is 5.91 Å². The minimum atomic E-state index is -0.0266. The number of halogens is 2. The molecule has 0 N–H and O–H groups in total. The Morgan fingerprint density at radius 2 is 1.78 bits per heavy atom. The maximum absolute atomic E-state index is 13.3. The molecule has 8 heteroatoms. The molecule has 0 bridgehead atoms. The lowest BCUT2D eigenvalue weighted by molar-refractivity contribution is -0.122. The first-order valence-corrected chi connectivity index (χ1v) is 14.8. The fourth-order valence-electron chi connectivity index (χ4n) is 3.70. The molecule has 0 atom stereocenters. The molecule has 5 nitrogen and oxygen atoms in total. The molecule has 0 radical (unpaired) electrons. The fraction of sp³-hybridized carbons (Fsp3) is 0.241. The Bertz CT molecular complexity index is 1320. The summed E-state index contributed by atoms with van der Waals surface area (Å²) in [4.78, 5) is 20.5. The summed E-state index contributed by atoms with van der Waals surface area (Å²) in [6.45, 7) is 7.62. The van der Waals surface area contributed by atoms with Crippen molar-refractivity contribution in [1.29, 1.82) is 0 Å². The minimum Gasteiger partial charge on any atom is -0.490 e. The van der Waals surface area contributed by atoms with Gasteiger partial charge in [0.2, 0.25) is 0 Å². The first-order chi connectivity index (χ1) is 17.9. The zero-order chi connectivity index (χ0) is 26.4. The van der Waals surface area contributed by atoms with Crippen molar-refractivity contribution in [1.82, 2.24) is 4.90 Å². The van der Waals surface area contributed by atoms with Gasteiger partial charge in [-0.1, -0.05) is 52.7 Å². The highest BCUT2D eigenvalue weighted by Gasteiger charge is 2.33. The van der Waals surface area contributed by atoms with Gasteiger partial charge in [-0.3, -0.25) is 9.69 Å². The van der Waals surface area contributed by atoms with Gasteiger partial charge in [0.15, 0.2) is 16.7 Å². The third-order valence-electron chi connectivity index (χ3n) is 5.52. The highest BCUT2D eigenvalue weighted by Crippen LogP contribution is 2.38. The standard InChI is InChI=1S/C29H28BrIN2O3S/c1-4-14-33-28(34)26(37-29(33)32-23-12-6-19(3)7-13-23)17-21-15-24(31)27(25(16-21)35-5-2)36-18-20-8-10-22(30)11-9-20/h6-13,15-17H,4-5,14,18H2,1-3H3/b26-17+,32-29?. The van der Waals surface area contributed by atoms with Crippen molar-refractivity contribution < 1.29 is 14.3 Å². The number of hydrogen-bond donors (Lipinski definition) is 0. The van der Waals surface area contributed by atoms with Gasteiger partial charge in [0, 0.05) is 11.0 Å². The highest BCUT2D eigenvalue weighted by atomic mass is 127.